The van der Waals surface area contributed by atoms with Gasteiger partial charge in [-0.25, -0.2) is 4.79 Å². The normalized spacial score (nSPS) is 14.0. The summed E-state index contributed by atoms with van der Waals surface area (Å²) in [5, 5.41) is 16.4. The third-order valence-corrected chi connectivity index (χ3v) is 5.17. The number of nitrogens with one attached hydrogen (secondary N) is 3. The molecule has 1 aromatic rings. The SMILES string of the molecule is NC(=O)CCC(NC(=O)C(CC(N)=O)NC(=O)C(N)CS)C(=O)NC(Cc1ccccc1)C(=O)O. The van der Waals surface area contributed by atoms with E-state index in [4.69, 9.17) is 17.2 Å². The second-order valence-electron chi connectivity index (χ2n) is 7.68. The van der Waals surface area contributed by atoms with Crippen LogP contribution in [0.15, 0.2) is 30.3 Å². The van der Waals surface area contributed by atoms with Crippen molar-refractivity contribution in [1.29, 1.82) is 0 Å². The molecule has 0 radical (unpaired) electrons. The lowest BCUT2D eigenvalue weighted by molar-refractivity contribution is -0.142. The van der Waals surface area contributed by atoms with Gasteiger partial charge in [0, 0.05) is 18.6 Å². The first-order chi connectivity index (χ1) is 16.4. The Kier molecular flexibility index (Phi) is 12.2. The maximum atomic E-state index is 12.9. The van der Waals surface area contributed by atoms with Gasteiger partial charge < -0.3 is 38.3 Å². The zero-order valence-corrected chi connectivity index (χ0v) is 19.7. The monoisotopic (exact) mass is 510 g/mol. The van der Waals surface area contributed by atoms with E-state index in [2.05, 4.69) is 28.6 Å². The van der Waals surface area contributed by atoms with Crippen molar-refractivity contribution in [3.63, 3.8) is 0 Å². The number of hydrogen-bond donors (Lipinski definition) is 8. The number of primary amides is 2. The van der Waals surface area contributed by atoms with Crippen molar-refractivity contribution in [2.75, 3.05) is 5.75 Å². The topological polar surface area (TPSA) is 237 Å². The van der Waals surface area contributed by atoms with Crippen LogP contribution >= 0.6 is 12.6 Å². The van der Waals surface area contributed by atoms with Crippen molar-refractivity contribution in [2.45, 2.75) is 49.9 Å². The minimum Gasteiger partial charge on any atom is -0.480 e. The van der Waals surface area contributed by atoms with Crippen LogP contribution in [0.5, 0.6) is 0 Å². The van der Waals surface area contributed by atoms with Crippen LogP contribution < -0.4 is 33.2 Å². The molecule has 192 valence electrons. The van der Waals surface area contributed by atoms with Crippen molar-refractivity contribution >= 4 is 48.1 Å². The highest BCUT2D eigenvalue weighted by Gasteiger charge is 2.31. The van der Waals surface area contributed by atoms with E-state index in [1.165, 1.54) is 0 Å². The van der Waals surface area contributed by atoms with E-state index < -0.39 is 66.1 Å². The molecule has 10 N–H and O–H groups in total. The Bertz CT molecular complexity index is 930. The van der Waals surface area contributed by atoms with Crippen LogP contribution in [0.4, 0.5) is 0 Å². The summed E-state index contributed by atoms with van der Waals surface area (Å²) in [6.07, 6.45) is -1.22. The first-order valence-electron chi connectivity index (χ1n) is 10.6. The van der Waals surface area contributed by atoms with Gasteiger partial charge in [0.05, 0.1) is 12.5 Å². The van der Waals surface area contributed by atoms with Gasteiger partial charge in [-0.15, -0.1) is 0 Å². The molecule has 0 aliphatic carbocycles. The van der Waals surface area contributed by atoms with Crippen LogP contribution in [-0.4, -0.2) is 70.5 Å². The molecule has 4 atom stereocenters. The summed E-state index contributed by atoms with van der Waals surface area (Å²) in [6, 6.07) is 3.22. The summed E-state index contributed by atoms with van der Waals surface area (Å²) in [6.45, 7) is 0. The minimum absolute atomic E-state index is 0.0413. The molecule has 1 aromatic carbocycles. The number of carbonyl (C=O) groups is 6. The molecule has 0 aromatic heterocycles. The van der Waals surface area contributed by atoms with E-state index in [9.17, 15) is 33.9 Å². The quantitative estimate of drug-likeness (QED) is 0.114. The molecular weight excluding hydrogens is 480 g/mol. The van der Waals surface area contributed by atoms with Crippen LogP contribution in [0.25, 0.3) is 0 Å². The average molecular weight is 511 g/mol. The smallest absolute Gasteiger partial charge is 0.326 e. The molecule has 0 saturated carbocycles. The van der Waals surface area contributed by atoms with E-state index in [0.29, 0.717) is 5.56 Å². The summed E-state index contributed by atoms with van der Waals surface area (Å²) < 4.78 is 0. The Morgan fingerprint density at radius 1 is 0.829 bits per heavy atom. The summed E-state index contributed by atoms with van der Waals surface area (Å²) in [5.41, 5.74) is 16.5. The molecular formula is C21H30N6O7S. The number of benzene rings is 1. The number of nitrogens with two attached hydrogens (primary N) is 3. The van der Waals surface area contributed by atoms with Crippen LogP contribution in [0.1, 0.15) is 24.8 Å². The molecule has 1 rings (SSSR count). The third-order valence-electron chi connectivity index (χ3n) is 4.78. The molecule has 13 nitrogen and oxygen atoms in total. The molecule has 14 heteroatoms. The molecule has 4 unspecified atom stereocenters. The number of thiol groups is 1. The summed E-state index contributed by atoms with van der Waals surface area (Å²) in [7, 11) is 0. The van der Waals surface area contributed by atoms with Gasteiger partial charge in [0.15, 0.2) is 0 Å². The Hall–Kier alpha value is -3.65. The number of amides is 5. The van der Waals surface area contributed by atoms with Gasteiger partial charge in [-0.2, -0.15) is 12.6 Å². The molecule has 5 amide bonds. The zero-order chi connectivity index (χ0) is 26.5. The summed E-state index contributed by atoms with van der Waals surface area (Å²) >= 11 is 3.89. The Balaban J connectivity index is 3.04. The van der Waals surface area contributed by atoms with Gasteiger partial charge in [0.1, 0.15) is 18.1 Å². The molecule has 0 spiro atoms. The average Bonchev–Trinajstić information content (AvgIpc) is 2.80. The summed E-state index contributed by atoms with van der Waals surface area (Å²) in [4.78, 5) is 72.1. The maximum absolute atomic E-state index is 12.9. The lowest BCUT2D eigenvalue weighted by Gasteiger charge is -2.24. The minimum atomic E-state index is -1.48. The fraction of sp³-hybridized carbons (Fsp3) is 0.429. The predicted octanol–water partition coefficient (Wildman–Crippen LogP) is -2.83. The van der Waals surface area contributed by atoms with Gasteiger partial charge in [-0.05, 0) is 12.0 Å². The van der Waals surface area contributed by atoms with Gasteiger partial charge in [0.25, 0.3) is 0 Å². The van der Waals surface area contributed by atoms with Gasteiger partial charge >= 0.3 is 5.97 Å². The van der Waals surface area contributed by atoms with E-state index >= 15 is 0 Å². The van der Waals surface area contributed by atoms with E-state index in [1.54, 1.807) is 30.3 Å². The number of carboxylic acid groups (broad SMARTS) is 1. The van der Waals surface area contributed by atoms with E-state index in [0.717, 1.165) is 0 Å². The molecule has 0 fully saturated rings. The third kappa shape index (κ3) is 10.9. The van der Waals surface area contributed by atoms with Crippen molar-refractivity contribution < 1.29 is 33.9 Å². The van der Waals surface area contributed by atoms with Crippen molar-refractivity contribution in [3.05, 3.63) is 35.9 Å². The highest BCUT2D eigenvalue weighted by Crippen LogP contribution is 2.06. The largest absolute Gasteiger partial charge is 0.480 e. The van der Waals surface area contributed by atoms with Crippen molar-refractivity contribution in [3.8, 4) is 0 Å². The van der Waals surface area contributed by atoms with Crippen LogP contribution in [0, 0.1) is 0 Å². The second kappa shape index (κ2) is 14.6. The highest BCUT2D eigenvalue weighted by molar-refractivity contribution is 7.80. The number of carbonyl (C=O) groups excluding carboxylic acids is 5. The molecule has 0 heterocycles. The van der Waals surface area contributed by atoms with Crippen molar-refractivity contribution in [1.82, 2.24) is 16.0 Å². The first kappa shape index (κ1) is 29.4. The second-order valence-corrected chi connectivity index (χ2v) is 8.04. The van der Waals surface area contributed by atoms with Crippen molar-refractivity contribution in [2.24, 2.45) is 17.2 Å². The van der Waals surface area contributed by atoms with Crippen LogP contribution in [0.3, 0.4) is 0 Å². The molecule has 0 saturated heterocycles. The fourth-order valence-corrected chi connectivity index (χ4v) is 3.09. The molecule has 0 aliphatic rings. The standard InChI is InChI=1S/C21H30N6O7S/c22-12(10-35)18(30)26-14(9-17(24)29)20(32)25-13(6-7-16(23)28)19(31)27-15(21(33)34)8-11-4-2-1-3-5-11/h1-5,12-15,35H,6-10,22H2,(H2,23,28)(H2,24,29)(H,25,32)(H,26,30)(H,27,31)(H,33,34). The molecule has 35 heavy (non-hydrogen) atoms. The Morgan fingerprint density at radius 2 is 1.37 bits per heavy atom. The maximum Gasteiger partial charge on any atom is 0.326 e. The number of hydrogen-bond acceptors (Lipinski definition) is 8. The van der Waals surface area contributed by atoms with Crippen LogP contribution in [0.2, 0.25) is 0 Å². The number of aliphatic carboxylic acids is 1. The number of carboxylic acids is 1. The number of rotatable bonds is 15. The van der Waals surface area contributed by atoms with Gasteiger partial charge in [-0.1, -0.05) is 30.3 Å². The Labute approximate surface area is 206 Å². The lowest BCUT2D eigenvalue weighted by Crippen LogP contribution is -2.58. The summed E-state index contributed by atoms with van der Waals surface area (Å²) in [5.74, 6) is -5.70. The molecule has 0 aliphatic heterocycles. The predicted molar refractivity (Wildman–Crippen MR) is 128 cm³/mol. The van der Waals surface area contributed by atoms with E-state index in [1.807, 2.05) is 0 Å². The lowest BCUT2D eigenvalue weighted by atomic mass is 10.0. The van der Waals surface area contributed by atoms with Gasteiger partial charge in [-0.3, -0.25) is 24.0 Å². The van der Waals surface area contributed by atoms with Crippen LogP contribution in [-0.2, 0) is 35.2 Å². The zero-order valence-electron chi connectivity index (χ0n) is 18.8. The first-order valence-corrected chi connectivity index (χ1v) is 11.2. The molecule has 0 bridgehead atoms. The van der Waals surface area contributed by atoms with Gasteiger partial charge in [0.2, 0.25) is 29.5 Å². The Morgan fingerprint density at radius 3 is 1.89 bits per heavy atom. The fourth-order valence-electron chi connectivity index (χ4n) is 2.92. The van der Waals surface area contributed by atoms with E-state index in [-0.39, 0.29) is 25.0 Å². The highest BCUT2D eigenvalue weighted by atomic mass is 32.1.